The van der Waals surface area contributed by atoms with E-state index < -0.39 is 0 Å². The van der Waals surface area contributed by atoms with Crippen molar-refractivity contribution in [1.29, 1.82) is 0 Å². The van der Waals surface area contributed by atoms with Gasteiger partial charge in [-0.1, -0.05) is 17.7 Å². The highest BCUT2D eigenvalue weighted by atomic mass is 16.5. The second kappa shape index (κ2) is 4.80. The van der Waals surface area contributed by atoms with Gasteiger partial charge in [-0.3, -0.25) is 0 Å². The van der Waals surface area contributed by atoms with Crippen LogP contribution in [0.2, 0.25) is 0 Å². The number of hydrogen-bond acceptors (Lipinski definition) is 3. The fourth-order valence-corrected chi connectivity index (χ4v) is 3.65. The Morgan fingerprint density at radius 1 is 1.32 bits per heavy atom. The lowest BCUT2D eigenvalue weighted by atomic mass is 9.67. The summed E-state index contributed by atoms with van der Waals surface area (Å²) in [5.41, 5.74) is 4.05. The lowest BCUT2D eigenvalue weighted by molar-refractivity contribution is -0.0878. The summed E-state index contributed by atoms with van der Waals surface area (Å²) in [7, 11) is 1.78. The summed E-state index contributed by atoms with van der Waals surface area (Å²) < 4.78 is 11.3. The van der Waals surface area contributed by atoms with Crippen molar-refractivity contribution in [3.8, 4) is 5.75 Å². The van der Waals surface area contributed by atoms with Crippen molar-refractivity contribution in [1.82, 2.24) is 5.32 Å². The summed E-state index contributed by atoms with van der Waals surface area (Å²) in [4.78, 5) is 0. The number of methoxy groups -OCH3 is 1. The monoisotopic (exact) mass is 261 g/mol. The Morgan fingerprint density at radius 3 is 2.63 bits per heavy atom. The van der Waals surface area contributed by atoms with Crippen molar-refractivity contribution in [2.45, 2.75) is 25.7 Å². The maximum absolute atomic E-state index is 5.70. The molecule has 0 radical (unpaired) electrons. The Bertz CT molecular complexity index is 474. The van der Waals surface area contributed by atoms with E-state index in [1.165, 1.54) is 23.1 Å². The van der Waals surface area contributed by atoms with Gasteiger partial charge in [-0.2, -0.15) is 0 Å². The fraction of sp³-hybridized carbons (Fsp3) is 0.625. The molecule has 3 nitrogen and oxygen atoms in total. The first kappa shape index (κ1) is 12.9. The number of rotatable bonds is 3. The summed E-state index contributed by atoms with van der Waals surface area (Å²) in [5, 5.41) is 3.49. The van der Waals surface area contributed by atoms with Crippen molar-refractivity contribution in [2.75, 3.05) is 33.4 Å². The molecule has 1 aromatic rings. The Labute approximate surface area is 115 Å². The molecule has 1 N–H and O–H groups in total. The smallest absolute Gasteiger partial charge is 0.125 e. The first-order valence-electron chi connectivity index (χ1n) is 7.11. The van der Waals surface area contributed by atoms with Gasteiger partial charge >= 0.3 is 0 Å². The van der Waals surface area contributed by atoms with Crippen molar-refractivity contribution in [3.05, 3.63) is 28.8 Å². The van der Waals surface area contributed by atoms with Gasteiger partial charge in [0.2, 0.25) is 0 Å². The van der Waals surface area contributed by atoms with E-state index in [1.54, 1.807) is 7.11 Å². The fourth-order valence-electron chi connectivity index (χ4n) is 3.65. The van der Waals surface area contributed by atoms with Crippen LogP contribution in [0.15, 0.2) is 12.1 Å². The topological polar surface area (TPSA) is 30.5 Å². The molecule has 1 atom stereocenters. The summed E-state index contributed by atoms with van der Waals surface area (Å²) in [6.45, 7) is 8.18. The van der Waals surface area contributed by atoms with Crippen LogP contribution in [-0.2, 0) is 10.2 Å². The minimum Gasteiger partial charge on any atom is -0.496 e. The van der Waals surface area contributed by atoms with Crippen molar-refractivity contribution >= 4 is 0 Å². The maximum atomic E-state index is 5.70. The lowest BCUT2D eigenvalue weighted by Crippen LogP contribution is -2.53. The summed E-state index contributed by atoms with van der Waals surface area (Å²) >= 11 is 0. The van der Waals surface area contributed by atoms with Gasteiger partial charge in [-0.25, -0.2) is 0 Å². The molecule has 1 aromatic carbocycles. The summed E-state index contributed by atoms with van der Waals surface area (Å²) in [5.74, 6) is 1.72. The standard InChI is InChI=1S/C16H23NO2/c1-11-6-12(2)15(18-3)14(7-11)16(9-19-10-16)13-4-5-17-8-13/h6-7,13,17H,4-5,8-10H2,1-3H3. The highest BCUT2D eigenvalue weighted by molar-refractivity contribution is 5.49. The normalized spacial score (nSPS) is 25.1. The minimum absolute atomic E-state index is 0.158. The molecule has 3 rings (SSSR count). The highest BCUT2D eigenvalue weighted by Crippen LogP contribution is 2.46. The first-order chi connectivity index (χ1) is 9.17. The molecule has 0 saturated carbocycles. The molecule has 0 aliphatic carbocycles. The summed E-state index contributed by atoms with van der Waals surface area (Å²) in [6.07, 6.45) is 1.24. The van der Waals surface area contributed by atoms with Gasteiger partial charge in [0.15, 0.2) is 0 Å². The minimum atomic E-state index is 0.158. The molecule has 0 bridgehead atoms. The zero-order chi connectivity index (χ0) is 13.5. The van der Waals surface area contributed by atoms with Crippen LogP contribution >= 0.6 is 0 Å². The molecule has 2 saturated heterocycles. The quantitative estimate of drug-likeness (QED) is 0.904. The molecule has 2 aliphatic heterocycles. The lowest BCUT2D eigenvalue weighted by Gasteiger charge is -2.47. The van der Waals surface area contributed by atoms with Gasteiger partial charge in [0.05, 0.1) is 20.3 Å². The van der Waals surface area contributed by atoms with Crippen LogP contribution in [-0.4, -0.2) is 33.4 Å². The van der Waals surface area contributed by atoms with Gasteiger partial charge in [-0.15, -0.1) is 0 Å². The molecule has 19 heavy (non-hydrogen) atoms. The zero-order valence-corrected chi connectivity index (χ0v) is 12.1. The summed E-state index contributed by atoms with van der Waals surface area (Å²) in [6, 6.07) is 4.50. The third-order valence-corrected chi connectivity index (χ3v) is 4.72. The van der Waals surface area contributed by atoms with E-state index in [0.29, 0.717) is 5.92 Å². The highest BCUT2D eigenvalue weighted by Gasteiger charge is 2.49. The van der Waals surface area contributed by atoms with E-state index >= 15 is 0 Å². The molecule has 104 valence electrons. The van der Waals surface area contributed by atoms with Gasteiger partial charge in [0.1, 0.15) is 5.75 Å². The molecule has 1 unspecified atom stereocenters. The second-order valence-electron chi connectivity index (χ2n) is 6.00. The van der Waals surface area contributed by atoms with E-state index in [4.69, 9.17) is 9.47 Å². The Hall–Kier alpha value is -1.06. The number of hydrogen-bond donors (Lipinski definition) is 1. The molecular formula is C16H23NO2. The predicted molar refractivity (Wildman–Crippen MR) is 75.9 cm³/mol. The average molecular weight is 261 g/mol. The first-order valence-corrected chi connectivity index (χ1v) is 7.11. The Morgan fingerprint density at radius 2 is 2.11 bits per heavy atom. The van der Waals surface area contributed by atoms with Gasteiger partial charge in [-0.05, 0) is 44.8 Å². The molecule has 0 spiro atoms. The SMILES string of the molecule is COc1c(C)cc(C)cc1C1(C2CCNC2)COC1. The van der Waals surface area contributed by atoms with E-state index in [1.807, 2.05) is 0 Å². The van der Waals surface area contributed by atoms with Crippen LogP contribution in [0.1, 0.15) is 23.1 Å². The van der Waals surface area contributed by atoms with Crippen LogP contribution in [0.5, 0.6) is 5.75 Å². The Kier molecular flexibility index (Phi) is 3.27. The second-order valence-corrected chi connectivity index (χ2v) is 6.00. The van der Waals surface area contributed by atoms with Crippen molar-refractivity contribution < 1.29 is 9.47 Å². The van der Waals surface area contributed by atoms with Crippen LogP contribution in [0, 0.1) is 19.8 Å². The van der Waals surface area contributed by atoms with E-state index in [-0.39, 0.29) is 5.41 Å². The number of benzene rings is 1. The number of ether oxygens (including phenoxy) is 2. The predicted octanol–water partition coefficient (Wildman–Crippen LogP) is 2.19. The van der Waals surface area contributed by atoms with E-state index in [9.17, 15) is 0 Å². The molecule has 2 heterocycles. The Balaban J connectivity index is 2.08. The average Bonchev–Trinajstić information content (AvgIpc) is 2.81. The maximum Gasteiger partial charge on any atom is 0.125 e. The molecule has 0 aromatic heterocycles. The van der Waals surface area contributed by atoms with Crippen LogP contribution in [0.25, 0.3) is 0 Å². The molecule has 2 fully saturated rings. The van der Waals surface area contributed by atoms with Crippen LogP contribution in [0.3, 0.4) is 0 Å². The molecule has 0 amide bonds. The number of nitrogens with one attached hydrogen (secondary N) is 1. The van der Waals surface area contributed by atoms with Crippen molar-refractivity contribution in [2.24, 2.45) is 5.92 Å². The molecule has 2 aliphatic rings. The molecule has 3 heteroatoms. The van der Waals surface area contributed by atoms with E-state index in [0.717, 1.165) is 32.1 Å². The third-order valence-electron chi connectivity index (χ3n) is 4.72. The van der Waals surface area contributed by atoms with Crippen LogP contribution < -0.4 is 10.1 Å². The van der Waals surface area contributed by atoms with Gasteiger partial charge in [0, 0.05) is 11.0 Å². The van der Waals surface area contributed by atoms with Crippen molar-refractivity contribution in [3.63, 3.8) is 0 Å². The van der Waals surface area contributed by atoms with Gasteiger partial charge in [0.25, 0.3) is 0 Å². The largest absolute Gasteiger partial charge is 0.496 e. The third kappa shape index (κ3) is 1.96. The zero-order valence-electron chi connectivity index (χ0n) is 12.1. The molecular weight excluding hydrogens is 238 g/mol. The van der Waals surface area contributed by atoms with Gasteiger partial charge < -0.3 is 14.8 Å². The van der Waals surface area contributed by atoms with E-state index in [2.05, 4.69) is 31.3 Å². The number of aryl methyl sites for hydroxylation is 2. The van der Waals surface area contributed by atoms with Crippen LogP contribution in [0.4, 0.5) is 0 Å².